The quantitative estimate of drug-likeness (QED) is 0.771. The highest BCUT2D eigenvalue weighted by Gasteiger charge is 2.26. The smallest absolute Gasteiger partial charge is 0.261 e. The van der Waals surface area contributed by atoms with Gasteiger partial charge in [-0.15, -0.1) is 0 Å². The summed E-state index contributed by atoms with van der Waals surface area (Å²) in [6.07, 6.45) is 0. The largest absolute Gasteiger partial charge is 0.484 e. The molecule has 0 bridgehead atoms. The van der Waals surface area contributed by atoms with Crippen LogP contribution in [-0.2, 0) is 16.1 Å². The molecule has 0 aromatic heterocycles. The fourth-order valence-electron chi connectivity index (χ4n) is 2.48. The molecular formula is C20H23ClN2O3. The van der Waals surface area contributed by atoms with Crippen LogP contribution in [0.2, 0.25) is 5.02 Å². The predicted molar refractivity (Wildman–Crippen MR) is 102 cm³/mol. The average Bonchev–Trinajstić information content (AvgIpc) is 2.64. The second-order valence-electron chi connectivity index (χ2n) is 5.82. The standard InChI is InChI=1S/C20H23ClN2O3/c1-3-22-20(25)15(2)23(13-16-8-7-9-17(21)12-16)19(24)14-26-18-10-5-4-6-11-18/h4-12,15H,3,13-14H2,1-2H3,(H,22,25)/t15-/m0/s1. The molecule has 2 aromatic rings. The fraction of sp³-hybridized carbons (Fsp3) is 0.300. The molecule has 2 amide bonds. The van der Waals surface area contributed by atoms with E-state index in [9.17, 15) is 9.59 Å². The molecule has 0 saturated carbocycles. The average molecular weight is 375 g/mol. The zero-order valence-corrected chi connectivity index (χ0v) is 15.7. The van der Waals surface area contributed by atoms with Crippen molar-refractivity contribution in [1.82, 2.24) is 10.2 Å². The zero-order chi connectivity index (χ0) is 18.9. The lowest BCUT2D eigenvalue weighted by molar-refractivity contribution is -0.142. The SMILES string of the molecule is CCNC(=O)[C@H](C)N(Cc1cccc(Cl)c1)C(=O)COc1ccccc1. The minimum Gasteiger partial charge on any atom is -0.484 e. The molecule has 0 fully saturated rings. The maximum atomic E-state index is 12.7. The lowest BCUT2D eigenvalue weighted by Gasteiger charge is -2.28. The first-order chi connectivity index (χ1) is 12.5. The van der Waals surface area contributed by atoms with Crippen molar-refractivity contribution in [2.24, 2.45) is 0 Å². The number of carbonyl (C=O) groups is 2. The number of hydrogen-bond donors (Lipinski definition) is 1. The molecule has 0 saturated heterocycles. The molecule has 0 unspecified atom stereocenters. The second kappa shape index (κ2) is 9.82. The minimum absolute atomic E-state index is 0.145. The van der Waals surface area contributed by atoms with Gasteiger partial charge in [-0.2, -0.15) is 0 Å². The minimum atomic E-state index is -0.624. The Bertz CT molecular complexity index is 737. The highest BCUT2D eigenvalue weighted by Crippen LogP contribution is 2.15. The number of likely N-dealkylation sites (N-methyl/N-ethyl adjacent to an activating group) is 1. The summed E-state index contributed by atoms with van der Waals surface area (Å²) < 4.78 is 5.55. The summed E-state index contributed by atoms with van der Waals surface area (Å²) in [5.74, 6) is 0.129. The molecule has 2 aromatic carbocycles. The van der Waals surface area contributed by atoms with E-state index in [1.165, 1.54) is 4.90 Å². The van der Waals surface area contributed by atoms with Crippen molar-refractivity contribution in [3.8, 4) is 5.75 Å². The fourth-order valence-corrected chi connectivity index (χ4v) is 2.69. The van der Waals surface area contributed by atoms with Crippen LogP contribution in [0.1, 0.15) is 19.4 Å². The first-order valence-electron chi connectivity index (χ1n) is 8.50. The third-order valence-corrected chi connectivity index (χ3v) is 4.10. The second-order valence-corrected chi connectivity index (χ2v) is 6.26. The third kappa shape index (κ3) is 5.77. The van der Waals surface area contributed by atoms with Crippen LogP contribution in [0.5, 0.6) is 5.75 Å². The van der Waals surface area contributed by atoms with Gasteiger partial charge in [0, 0.05) is 18.1 Å². The lowest BCUT2D eigenvalue weighted by atomic mass is 10.1. The van der Waals surface area contributed by atoms with E-state index in [4.69, 9.17) is 16.3 Å². The summed E-state index contributed by atoms with van der Waals surface area (Å²) >= 11 is 6.03. The van der Waals surface area contributed by atoms with Crippen LogP contribution in [0, 0.1) is 0 Å². The van der Waals surface area contributed by atoms with E-state index < -0.39 is 6.04 Å². The Labute approximate surface area is 158 Å². The van der Waals surface area contributed by atoms with Crippen LogP contribution in [0.4, 0.5) is 0 Å². The normalized spacial score (nSPS) is 11.5. The number of para-hydroxylation sites is 1. The molecule has 0 radical (unpaired) electrons. The number of nitrogens with zero attached hydrogens (tertiary/aromatic N) is 1. The van der Waals surface area contributed by atoms with Crippen molar-refractivity contribution in [2.75, 3.05) is 13.2 Å². The molecule has 0 spiro atoms. The number of amides is 2. The van der Waals surface area contributed by atoms with E-state index in [0.717, 1.165) is 5.56 Å². The summed E-state index contributed by atoms with van der Waals surface area (Å²) in [5, 5.41) is 3.34. The van der Waals surface area contributed by atoms with Crippen molar-refractivity contribution in [1.29, 1.82) is 0 Å². The molecule has 2 rings (SSSR count). The molecular weight excluding hydrogens is 352 g/mol. The van der Waals surface area contributed by atoms with E-state index >= 15 is 0 Å². The Kier molecular flexibility index (Phi) is 7.48. The number of hydrogen-bond acceptors (Lipinski definition) is 3. The van der Waals surface area contributed by atoms with Crippen molar-refractivity contribution in [3.63, 3.8) is 0 Å². The highest BCUT2D eigenvalue weighted by atomic mass is 35.5. The summed E-state index contributed by atoms with van der Waals surface area (Å²) in [5.41, 5.74) is 0.849. The number of nitrogens with one attached hydrogen (secondary N) is 1. The number of benzene rings is 2. The molecule has 0 aliphatic rings. The lowest BCUT2D eigenvalue weighted by Crippen LogP contribution is -2.49. The molecule has 0 aliphatic carbocycles. The maximum absolute atomic E-state index is 12.7. The van der Waals surface area contributed by atoms with Gasteiger partial charge in [0.1, 0.15) is 11.8 Å². The van der Waals surface area contributed by atoms with Gasteiger partial charge in [0.25, 0.3) is 5.91 Å². The molecule has 0 heterocycles. The molecule has 26 heavy (non-hydrogen) atoms. The molecule has 6 heteroatoms. The maximum Gasteiger partial charge on any atom is 0.261 e. The van der Waals surface area contributed by atoms with Gasteiger partial charge in [0.05, 0.1) is 0 Å². The van der Waals surface area contributed by atoms with Gasteiger partial charge < -0.3 is 15.0 Å². The monoisotopic (exact) mass is 374 g/mol. The summed E-state index contributed by atoms with van der Waals surface area (Å²) in [6.45, 7) is 4.18. The predicted octanol–water partition coefficient (Wildman–Crippen LogP) is 3.27. The van der Waals surface area contributed by atoms with Crippen molar-refractivity contribution in [3.05, 3.63) is 65.2 Å². The third-order valence-electron chi connectivity index (χ3n) is 3.87. The molecule has 1 N–H and O–H groups in total. The van der Waals surface area contributed by atoms with Gasteiger partial charge in [-0.3, -0.25) is 9.59 Å². The van der Waals surface area contributed by atoms with E-state index in [1.54, 1.807) is 31.2 Å². The van der Waals surface area contributed by atoms with Crippen LogP contribution in [0.25, 0.3) is 0 Å². The van der Waals surface area contributed by atoms with Gasteiger partial charge in [0.2, 0.25) is 5.91 Å². The van der Waals surface area contributed by atoms with Crippen molar-refractivity contribution < 1.29 is 14.3 Å². The Morgan fingerprint density at radius 2 is 1.88 bits per heavy atom. The summed E-state index contributed by atoms with van der Waals surface area (Å²) in [4.78, 5) is 26.5. The topological polar surface area (TPSA) is 58.6 Å². The van der Waals surface area contributed by atoms with Crippen LogP contribution < -0.4 is 10.1 Å². The van der Waals surface area contributed by atoms with Gasteiger partial charge >= 0.3 is 0 Å². The number of halogens is 1. The number of ether oxygens (including phenoxy) is 1. The van der Waals surface area contributed by atoms with Crippen LogP contribution >= 0.6 is 11.6 Å². The van der Waals surface area contributed by atoms with Gasteiger partial charge in [-0.25, -0.2) is 0 Å². The van der Waals surface area contributed by atoms with Crippen molar-refractivity contribution in [2.45, 2.75) is 26.4 Å². The number of rotatable bonds is 8. The molecule has 138 valence electrons. The van der Waals surface area contributed by atoms with Gasteiger partial charge in [-0.1, -0.05) is 41.9 Å². The van der Waals surface area contributed by atoms with E-state index in [-0.39, 0.29) is 25.0 Å². The Balaban J connectivity index is 2.12. The molecule has 5 nitrogen and oxygen atoms in total. The van der Waals surface area contributed by atoms with E-state index in [0.29, 0.717) is 17.3 Å². The van der Waals surface area contributed by atoms with Crippen molar-refractivity contribution >= 4 is 23.4 Å². The number of carbonyl (C=O) groups excluding carboxylic acids is 2. The van der Waals surface area contributed by atoms with Crippen LogP contribution in [0.15, 0.2) is 54.6 Å². The first-order valence-corrected chi connectivity index (χ1v) is 8.88. The zero-order valence-electron chi connectivity index (χ0n) is 14.9. The first kappa shape index (κ1) is 19.8. The van der Waals surface area contributed by atoms with Gasteiger partial charge in [0.15, 0.2) is 6.61 Å². The Morgan fingerprint density at radius 3 is 2.54 bits per heavy atom. The Hall–Kier alpha value is -2.53. The highest BCUT2D eigenvalue weighted by molar-refractivity contribution is 6.30. The van der Waals surface area contributed by atoms with E-state index in [2.05, 4.69) is 5.32 Å². The molecule has 1 atom stereocenters. The summed E-state index contributed by atoms with van der Waals surface area (Å²) in [7, 11) is 0. The van der Waals surface area contributed by atoms with Gasteiger partial charge in [-0.05, 0) is 43.7 Å². The Morgan fingerprint density at radius 1 is 1.15 bits per heavy atom. The van der Waals surface area contributed by atoms with Crippen LogP contribution in [-0.4, -0.2) is 35.9 Å². The van der Waals surface area contributed by atoms with Crippen LogP contribution in [0.3, 0.4) is 0 Å². The van der Waals surface area contributed by atoms with E-state index in [1.807, 2.05) is 37.3 Å². The summed E-state index contributed by atoms with van der Waals surface area (Å²) in [6, 6.07) is 15.7. The molecule has 0 aliphatic heterocycles.